The fourth-order valence-electron chi connectivity index (χ4n) is 4.69. The van der Waals surface area contributed by atoms with Crippen LogP contribution in [0.2, 0.25) is 0 Å². The van der Waals surface area contributed by atoms with Crippen molar-refractivity contribution in [2.45, 2.75) is 47.0 Å². The van der Waals surface area contributed by atoms with Crippen LogP contribution < -0.4 is 9.30 Å². The van der Waals surface area contributed by atoms with Gasteiger partial charge in [0.05, 0.1) is 10.9 Å². The van der Waals surface area contributed by atoms with Gasteiger partial charge in [0.25, 0.3) is 5.69 Å². The van der Waals surface area contributed by atoms with E-state index in [9.17, 15) is 0 Å². The molecule has 0 atom stereocenters. The van der Waals surface area contributed by atoms with E-state index in [-0.39, 0.29) is 5.41 Å². The number of ether oxygens (including phenoxy) is 1. The number of pyridine rings is 1. The van der Waals surface area contributed by atoms with Gasteiger partial charge >= 0.3 is 0 Å². The summed E-state index contributed by atoms with van der Waals surface area (Å²) < 4.78 is 8.83. The van der Waals surface area contributed by atoms with Crippen molar-refractivity contribution in [3.63, 3.8) is 0 Å². The third kappa shape index (κ3) is 2.58. The number of rotatable bonds is 0. The molecule has 2 heterocycles. The van der Waals surface area contributed by atoms with Crippen molar-refractivity contribution in [2.24, 2.45) is 7.05 Å². The van der Waals surface area contributed by atoms with E-state index >= 15 is 0 Å². The lowest BCUT2D eigenvalue weighted by Crippen LogP contribution is -2.33. The molecule has 146 valence electrons. The van der Waals surface area contributed by atoms with E-state index in [1.54, 1.807) is 0 Å². The van der Waals surface area contributed by atoms with Gasteiger partial charge in [-0.3, -0.25) is 0 Å². The Morgan fingerprint density at radius 1 is 0.828 bits per heavy atom. The molecule has 1 aliphatic rings. The van der Waals surface area contributed by atoms with Crippen LogP contribution in [0, 0.1) is 20.8 Å². The molecule has 2 nitrogen and oxygen atoms in total. The average Bonchev–Trinajstić information content (AvgIpc) is 2.63. The molecule has 1 aliphatic heterocycles. The highest BCUT2D eigenvalue weighted by atomic mass is 16.5. The first-order valence-electron chi connectivity index (χ1n) is 10.4. The van der Waals surface area contributed by atoms with Crippen LogP contribution in [0.5, 0.6) is 11.5 Å². The molecule has 4 aromatic rings. The van der Waals surface area contributed by atoms with Crippen LogP contribution in [0.15, 0.2) is 42.5 Å². The van der Waals surface area contributed by atoms with Gasteiger partial charge in [0.1, 0.15) is 12.8 Å². The quantitative estimate of drug-likeness (QED) is 0.268. The standard InChI is InChI=1S/C27H28NO/c1-15-10-19-12-16(2)17(3)24-25(19)22(11-15)29-23-14-18-13-20(27(4,5)6)8-9-21(18)28(7)26(23)24/h8-14H,1-7H3/q+1. The van der Waals surface area contributed by atoms with Gasteiger partial charge in [-0.25, -0.2) is 0 Å². The number of fused-ring (bicyclic) bond motifs is 3. The first-order chi connectivity index (χ1) is 13.6. The van der Waals surface area contributed by atoms with Crippen molar-refractivity contribution < 1.29 is 9.30 Å². The molecule has 0 saturated heterocycles. The summed E-state index contributed by atoms with van der Waals surface area (Å²) >= 11 is 0. The fourth-order valence-corrected chi connectivity index (χ4v) is 4.69. The number of hydrogen-bond acceptors (Lipinski definition) is 1. The van der Waals surface area contributed by atoms with Crippen LogP contribution in [0.4, 0.5) is 0 Å². The lowest BCUT2D eigenvalue weighted by Gasteiger charge is -2.23. The van der Waals surface area contributed by atoms with Crippen LogP contribution in [-0.4, -0.2) is 0 Å². The summed E-state index contributed by atoms with van der Waals surface area (Å²) in [6, 6.07) is 15.8. The predicted molar refractivity (Wildman–Crippen MR) is 121 cm³/mol. The molecule has 0 spiro atoms. The maximum atomic E-state index is 6.52. The van der Waals surface area contributed by atoms with Gasteiger partial charge in [-0.2, -0.15) is 4.57 Å². The van der Waals surface area contributed by atoms with Gasteiger partial charge in [-0.15, -0.1) is 0 Å². The minimum absolute atomic E-state index is 0.118. The van der Waals surface area contributed by atoms with E-state index in [4.69, 9.17) is 4.74 Å². The maximum Gasteiger partial charge on any atom is 0.256 e. The molecule has 29 heavy (non-hydrogen) atoms. The molecule has 0 unspecified atom stereocenters. The Bertz CT molecular complexity index is 1340. The van der Waals surface area contributed by atoms with Crippen LogP contribution >= 0.6 is 0 Å². The molecular formula is C27H28NO+. The summed E-state index contributed by atoms with van der Waals surface area (Å²) in [5.41, 5.74) is 9.03. The van der Waals surface area contributed by atoms with Gasteiger partial charge in [0.15, 0.2) is 5.75 Å². The van der Waals surface area contributed by atoms with E-state index in [1.807, 2.05) is 0 Å². The monoisotopic (exact) mass is 382 g/mol. The Morgan fingerprint density at radius 2 is 1.59 bits per heavy atom. The number of aryl methyl sites for hydroxylation is 3. The molecular weight excluding hydrogens is 354 g/mol. The predicted octanol–water partition coefficient (Wildman–Crippen LogP) is 6.81. The van der Waals surface area contributed by atoms with Crippen molar-refractivity contribution in [3.05, 3.63) is 64.7 Å². The van der Waals surface area contributed by atoms with Crippen LogP contribution in [0.25, 0.3) is 32.9 Å². The molecule has 0 fully saturated rings. The van der Waals surface area contributed by atoms with Crippen molar-refractivity contribution >= 4 is 21.7 Å². The zero-order valence-corrected chi connectivity index (χ0v) is 18.4. The zero-order valence-electron chi connectivity index (χ0n) is 18.4. The van der Waals surface area contributed by atoms with E-state index < -0.39 is 0 Å². The molecule has 0 aliphatic carbocycles. The highest BCUT2D eigenvalue weighted by Crippen LogP contribution is 2.48. The second-order valence-corrected chi connectivity index (χ2v) is 9.60. The van der Waals surface area contributed by atoms with E-state index in [0.717, 1.165) is 11.5 Å². The molecule has 0 bridgehead atoms. The van der Waals surface area contributed by atoms with E-state index in [2.05, 4.69) is 95.6 Å². The van der Waals surface area contributed by atoms with Crippen molar-refractivity contribution in [1.29, 1.82) is 0 Å². The Morgan fingerprint density at radius 3 is 2.31 bits per heavy atom. The smallest absolute Gasteiger partial charge is 0.256 e. The largest absolute Gasteiger partial charge is 0.450 e. The highest BCUT2D eigenvalue weighted by Gasteiger charge is 2.31. The third-order valence-corrected chi connectivity index (χ3v) is 6.43. The van der Waals surface area contributed by atoms with Crippen LogP contribution in [0.3, 0.4) is 0 Å². The van der Waals surface area contributed by atoms with Crippen molar-refractivity contribution in [2.75, 3.05) is 0 Å². The summed E-state index contributed by atoms with van der Waals surface area (Å²) in [6.45, 7) is 13.4. The van der Waals surface area contributed by atoms with Crippen molar-refractivity contribution in [1.82, 2.24) is 0 Å². The van der Waals surface area contributed by atoms with Gasteiger partial charge in [0, 0.05) is 17.5 Å². The van der Waals surface area contributed by atoms with Gasteiger partial charge in [-0.05, 0) is 66.0 Å². The SMILES string of the molecule is Cc1cc2c3c(c(C)c(C)cc3c1)-c1c(cc3cc(C(C)(C)C)ccc3[n+]1C)O2. The molecule has 0 amide bonds. The van der Waals surface area contributed by atoms with Crippen LogP contribution in [-0.2, 0) is 12.5 Å². The highest BCUT2D eigenvalue weighted by molar-refractivity contribution is 6.05. The van der Waals surface area contributed by atoms with E-state index in [0.29, 0.717) is 0 Å². The number of nitrogens with zero attached hydrogens (tertiary/aromatic N) is 1. The normalized spacial score (nSPS) is 12.9. The fraction of sp³-hybridized carbons (Fsp3) is 0.296. The van der Waals surface area contributed by atoms with Gasteiger partial charge in [0.2, 0.25) is 5.52 Å². The third-order valence-electron chi connectivity index (χ3n) is 6.43. The minimum atomic E-state index is 0.118. The molecule has 0 saturated carbocycles. The molecule has 0 N–H and O–H groups in total. The first-order valence-corrected chi connectivity index (χ1v) is 10.4. The summed E-state index contributed by atoms with van der Waals surface area (Å²) in [5, 5.41) is 3.70. The van der Waals surface area contributed by atoms with Gasteiger partial charge in [-0.1, -0.05) is 39.0 Å². The second-order valence-electron chi connectivity index (χ2n) is 9.60. The summed E-state index contributed by atoms with van der Waals surface area (Å²) in [5.74, 6) is 1.91. The average molecular weight is 383 g/mol. The summed E-state index contributed by atoms with van der Waals surface area (Å²) in [6.07, 6.45) is 0. The van der Waals surface area contributed by atoms with E-state index in [1.165, 1.54) is 55.2 Å². The molecule has 2 heteroatoms. The molecule has 3 aromatic carbocycles. The Hall–Kier alpha value is -2.87. The minimum Gasteiger partial charge on any atom is -0.450 e. The lowest BCUT2D eigenvalue weighted by molar-refractivity contribution is -0.633. The van der Waals surface area contributed by atoms with Crippen LogP contribution in [0.1, 0.15) is 43.0 Å². The molecule has 0 radical (unpaired) electrons. The summed E-state index contributed by atoms with van der Waals surface area (Å²) in [7, 11) is 2.16. The Labute approximate surface area is 172 Å². The van der Waals surface area contributed by atoms with Gasteiger partial charge < -0.3 is 4.74 Å². The zero-order chi connectivity index (χ0) is 20.7. The summed E-state index contributed by atoms with van der Waals surface area (Å²) in [4.78, 5) is 0. The second kappa shape index (κ2) is 5.82. The van der Waals surface area contributed by atoms with Crippen molar-refractivity contribution in [3.8, 4) is 22.8 Å². The maximum absolute atomic E-state index is 6.52. The number of aromatic nitrogens is 1. The number of benzene rings is 3. The lowest BCUT2D eigenvalue weighted by atomic mass is 9.86. The number of hydrogen-bond donors (Lipinski definition) is 0. The Balaban J connectivity index is 1.91. The first kappa shape index (κ1) is 18.2. The molecule has 1 aromatic heterocycles. The Kier molecular flexibility index (Phi) is 3.65. The topological polar surface area (TPSA) is 13.1 Å². The molecule has 5 rings (SSSR count).